The number of carbonyl (C=O) groups is 1. The molecule has 0 aromatic heterocycles. The Morgan fingerprint density at radius 1 is 1.00 bits per heavy atom. The SMILES string of the molecule is C=CC.CC(C)=O.c1ccccc1. The van der Waals surface area contributed by atoms with E-state index in [1.807, 2.05) is 43.3 Å². The van der Waals surface area contributed by atoms with Crippen LogP contribution in [-0.4, -0.2) is 5.78 Å². The summed E-state index contributed by atoms with van der Waals surface area (Å²) in [6.07, 6.45) is 1.75. The lowest BCUT2D eigenvalue weighted by Gasteiger charge is -1.69. The van der Waals surface area contributed by atoms with Crippen LogP contribution in [0.15, 0.2) is 49.1 Å². The number of allylic oxidation sites excluding steroid dienone is 1. The van der Waals surface area contributed by atoms with Gasteiger partial charge < -0.3 is 4.79 Å². The van der Waals surface area contributed by atoms with Gasteiger partial charge in [0, 0.05) is 0 Å². The normalized spacial score (nSPS) is 6.69. The Morgan fingerprint density at radius 3 is 1.15 bits per heavy atom. The minimum Gasteiger partial charge on any atom is -0.300 e. The monoisotopic (exact) mass is 178 g/mol. The van der Waals surface area contributed by atoms with Crippen molar-refractivity contribution in [1.82, 2.24) is 0 Å². The molecule has 0 N–H and O–H groups in total. The second-order valence-electron chi connectivity index (χ2n) is 2.47. The van der Waals surface area contributed by atoms with Gasteiger partial charge in [0.2, 0.25) is 0 Å². The molecule has 0 aliphatic heterocycles. The maximum atomic E-state index is 9.44. The van der Waals surface area contributed by atoms with E-state index in [-0.39, 0.29) is 5.78 Å². The summed E-state index contributed by atoms with van der Waals surface area (Å²) in [6, 6.07) is 12.0. The van der Waals surface area contributed by atoms with E-state index in [2.05, 4.69) is 6.58 Å². The molecule has 0 bridgehead atoms. The lowest BCUT2D eigenvalue weighted by Crippen LogP contribution is -1.69. The molecule has 0 unspecified atom stereocenters. The van der Waals surface area contributed by atoms with Crippen LogP contribution in [0.2, 0.25) is 0 Å². The highest BCUT2D eigenvalue weighted by molar-refractivity contribution is 5.72. The maximum absolute atomic E-state index is 9.44. The van der Waals surface area contributed by atoms with Crippen LogP contribution in [0.4, 0.5) is 0 Å². The first-order valence-corrected chi connectivity index (χ1v) is 4.19. The second-order valence-corrected chi connectivity index (χ2v) is 2.47. The van der Waals surface area contributed by atoms with Crippen LogP contribution < -0.4 is 0 Å². The average Bonchev–Trinajstić information content (AvgIpc) is 2.08. The topological polar surface area (TPSA) is 17.1 Å². The number of hydrogen-bond donors (Lipinski definition) is 0. The molecule has 0 heterocycles. The van der Waals surface area contributed by atoms with Crippen LogP contribution in [0.25, 0.3) is 0 Å². The number of Topliss-reactive ketones (excluding diaryl/α,β-unsaturated/α-hetero) is 1. The Morgan fingerprint density at radius 2 is 1.08 bits per heavy atom. The van der Waals surface area contributed by atoms with Crippen LogP contribution in [0.5, 0.6) is 0 Å². The summed E-state index contributed by atoms with van der Waals surface area (Å²) in [5.74, 6) is 0.167. The summed E-state index contributed by atoms with van der Waals surface area (Å²) in [6.45, 7) is 8.31. The molecule has 1 rings (SSSR count). The van der Waals surface area contributed by atoms with Gasteiger partial charge >= 0.3 is 0 Å². The summed E-state index contributed by atoms with van der Waals surface area (Å²) in [5.41, 5.74) is 0. The van der Waals surface area contributed by atoms with Crippen molar-refractivity contribution in [1.29, 1.82) is 0 Å². The molecule has 1 aromatic carbocycles. The molecule has 0 aliphatic rings. The number of hydrogen-bond acceptors (Lipinski definition) is 1. The molecule has 1 nitrogen and oxygen atoms in total. The molecule has 72 valence electrons. The number of ketones is 1. The summed E-state index contributed by atoms with van der Waals surface area (Å²) in [5, 5.41) is 0. The first-order valence-electron chi connectivity index (χ1n) is 4.19. The molecule has 0 radical (unpaired) electrons. The molecule has 0 amide bonds. The van der Waals surface area contributed by atoms with Gasteiger partial charge in [0.1, 0.15) is 5.78 Å². The van der Waals surface area contributed by atoms with Gasteiger partial charge in [0.05, 0.1) is 0 Å². The highest BCUT2D eigenvalue weighted by atomic mass is 16.1. The van der Waals surface area contributed by atoms with Crippen LogP contribution in [-0.2, 0) is 4.79 Å². The van der Waals surface area contributed by atoms with E-state index in [4.69, 9.17) is 0 Å². The molecule has 0 atom stereocenters. The third kappa shape index (κ3) is 36.9. The highest BCUT2D eigenvalue weighted by Crippen LogP contribution is 1.79. The van der Waals surface area contributed by atoms with Crippen LogP contribution in [0.3, 0.4) is 0 Å². The van der Waals surface area contributed by atoms with E-state index in [0.717, 1.165) is 0 Å². The Hall–Kier alpha value is -1.37. The number of rotatable bonds is 0. The smallest absolute Gasteiger partial charge is 0.126 e. The number of benzene rings is 1. The molecule has 1 heteroatoms. The van der Waals surface area contributed by atoms with E-state index < -0.39 is 0 Å². The summed E-state index contributed by atoms with van der Waals surface area (Å²) < 4.78 is 0. The molecular weight excluding hydrogens is 160 g/mol. The van der Waals surface area contributed by atoms with Crippen molar-refractivity contribution in [3.63, 3.8) is 0 Å². The van der Waals surface area contributed by atoms with Gasteiger partial charge in [-0.1, -0.05) is 42.5 Å². The van der Waals surface area contributed by atoms with Crippen molar-refractivity contribution < 1.29 is 4.79 Å². The summed E-state index contributed by atoms with van der Waals surface area (Å²) in [4.78, 5) is 9.44. The quantitative estimate of drug-likeness (QED) is 0.556. The van der Waals surface area contributed by atoms with Crippen molar-refractivity contribution in [2.45, 2.75) is 20.8 Å². The fourth-order valence-electron chi connectivity index (χ4n) is 0.385. The van der Waals surface area contributed by atoms with Crippen LogP contribution in [0, 0.1) is 0 Å². The van der Waals surface area contributed by atoms with E-state index in [9.17, 15) is 4.79 Å². The predicted octanol–water partition coefficient (Wildman–Crippen LogP) is 3.47. The van der Waals surface area contributed by atoms with Gasteiger partial charge in [-0.15, -0.1) is 6.58 Å². The van der Waals surface area contributed by atoms with E-state index in [0.29, 0.717) is 0 Å². The highest BCUT2D eigenvalue weighted by Gasteiger charge is 1.62. The van der Waals surface area contributed by atoms with E-state index in [1.54, 1.807) is 6.08 Å². The zero-order valence-corrected chi connectivity index (χ0v) is 8.66. The fraction of sp³-hybridized carbons (Fsp3) is 0.250. The van der Waals surface area contributed by atoms with Gasteiger partial charge in [-0.2, -0.15) is 0 Å². The lowest BCUT2D eigenvalue weighted by molar-refractivity contribution is -0.114. The minimum absolute atomic E-state index is 0.167. The summed E-state index contributed by atoms with van der Waals surface area (Å²) in [7, 11) is 0. The van der Waals surface area contributed by atoms with Gasteiger partial charge in [0.25, 0.3) is 0 Å². The van der Waals surface area contributed by atoms with Crippen molar-refractivity contribution in [3.8, 4) is 0 Å². The number of carbonyl (C=O) groups excluding carboxylic acids is 1. The molecule has 1 aromatic rings. The Labute approximate surface area is 81.1 Å². The molecule has 13 heavy (non-hydrogen) atoms. The van der Waals surface area contributed by atoms with Crippen LogP contribution in [0.1, 0.15) is 20.8 Å². The predicted molar refractivity (Wildman–Crippen MR) is 58.7 cm³/mol. The lowest BCUT2D eigenvalue weighted by atomic mass is 10.4. The zero-order valence-electron chi connectivity index (χ0n) is 8.66. The molecule has 0 fully saturated rings. The molecule has 0 saturated carbocycles. The summed E-state index contributed by atoms with van der Waals surface area (Å²) >= 11 is 0. The van der Waals surface area contributed by atoms with Gasteiger partial charge in [-0.3, -0.25) is 0 Å². The Bertz CT molecular complexity index is 171. The minimum atomic E-state index is 0.167. The molecular formula is C12H18O. The first kappa shape index (κ1) is 14.2. The average molecular weight is 178 g/mol. The van der Waals surface area contributed by atoms with Gasteiger partial charge in [-0.25, -0.2) is 0 Å². The molecule has 0 aliphatic carbocycles. The molecule has 0 saturated heterocycles. The van der Waals surface area contributed by atoms with E-state index >= 15 is 0 Å². The van der Waals surface area contributed by atoms with Crippen molar-refractivity contribution in [3.05, 3.63) is 49.1 Å². The second kappa shape index (κ2) is 13.2. The Kier molecular flexibility index (Phi) is 14.4. The van der Waals surface area contributed by atoms with Gasteiger partial charge in [0.15, 0.2) is 0 Å². The zero-order chi connectivity index (χ0) is 10.5. The molecule has 0 spiro atoms. The standard InChI is InChI=1S/C6H6.C3H6O.C3H6/c1-2-4-6-5-3-1;1-3(2)4;1-3-2/h1-6H;1-2H3;3H,1H2,2H3. The van der Waals surface area contributed by atoms with Crippen molar-refractivity contribution in [2.75, 3.05) is 0 Å². The third-order valence-corrected chi connectivity index (χ3v) is 0.667. The van der Waals surface area contributed by atoms with Crippen molar-refractivity contribution >= 4 is 5.78 Å². The van der Waals surface area contributed by atoms with Gasteiger partial charge in [-0.05, 0) is 20.8 Å². The fourth-order valence-corrected chi connectivity index (χ4v) is 0.385. The third-order valence-electron chi connectivity index (χ3n) is 0.667. The Balaban J connectivity index is 0. The van der Waals surface area contributed by atoms with Crippen molar-refractivity contribution in [2.24, 2.45) is 0 Å². The van der Waals surface area contributed by atoms with E-state index in [1.165, 1.54) is 13.8 Å². The maximum Gasteiger partial charge on any atom is 0.126 e. The first-order chi connectivity index (χ1) is 6.15. The van der Waals surface area contributed by atoms with Crippen LogP contribution >= 0.6 is 0 Å². The largest absolute Gasteiger partial charge is 0.300 e.